The van der Waals surface area contributed by atoms with E-state index in [1.165, 1.54) is 76.2 Å². The molecule has 0 nitrogen and oxygen atoms in total. The minimum atomic E-state index is 0. The molecule has 0 saturated heterocycles. The van der Waals surface area contributed by atoms with Gasteiger partial charge in [0, 0.05) is 0 Å². The molecule has 0 amide bonds. The van der Waals surface area contributed by atoms with E-state index in [1.807, 2.05) is 0 Å². The molecule has 0 aliphatic heterocycles. The second kappa shape index (κ2) is 20.9. The number of aryl methyl sites for hydroxylation is 1. The Bertz CT molecular complexity index is 278. The molecule has 0 N–H and O–H groups in total. The van der Waals surface area contributed by atoms with Gasteiger partial charge in [0.1, 0.15) is 0 Å². The first-order valence-electron chi connectivity index (χ1n) is 7.97. The molecule has 3 heteroatoms. The van der Waals surface area contributed by atoms with E-state index >= 15 is 0 Å². The molecule has 0 atom stereocenters. The second-order valence-electron chi connectivity index (χ2n) is 5.42. The van der Waals surface area contributed by atoms with Gasteiger partial charge in [0.25, 0.3) is 0 Å². The second-order valence-corrected chi connectivity index (χ2v) is 5.42. The quantitative estimate of drug-likeness (QED) is 0.336. The number of hydrogen-bond donors (Lipinski definition) is 0. The Balaban J connectivity index is -0.00000108. The van der Waals surface area contributed by atoms with Crippen LogP contribution in [0.5, 0.6) is 0 Å². The van der Waals surface area contributed by atoms with E-state index in [4.69, 9.17) is 0 Å². The van der Waals surface area contributed by atoms with Gasteiger partial charge >= 0.3 is 23.1 Å². The van der Waals surface area contributed by atoms with Crippen molar-refractivity contribution in [1.82, 2.24) is 0 Å². The molecule has 0 spiro atoms. The SMILES string of the molecule is CCCCCCCCCCCCc1ccccc1.[Br-].[Br-].[Mg+2]. The van der Waals surface area contributed by atoms with Gasteiger partial charge in [-0.15, -0.1) is 0 Å². The Labute approximate surface area is 169 Å². The van der Waals surface area contributed by atoms with E-state index in [9.17, 15) is 0 Å². The summed E-state index contributed by atoms with van der Waals surface area (Å²) in [7, 11) is 0. The van der Waals surface area contributed by atoms with Crippen LogP contribution in [-0.4, -0.2) is 23.1 Å². The van der Waals surface area contributed by atoms with Gasteiger partial charge in [0.15, 0.2) is 0 Å². The number of unbranched alkanes of at least 4 members (excludes halogenated alkanes) is 9. The van der Waals surface area contributed by atoms with Crippen molar-refractivity contribution in [1.29, 1.82) is 0 Å². The van der Waals surface area contributed by atoms with Crippen LogP contribution in [0, 0.1) is 0 Å². The molecule has 118 valence electrons. The van der Waals surface area contributed by atoms with E-state index in [0.29, 0.717) is 0 Å². The summed E-state index contributed by atoms with van der Waals surface area (Å²) in [6, 6.07) is 10.9. The van der Waals surface area contributed by atoms with Gasteiger partial charge < -0.3 is 34.0 Å². The van der Waals surface area contributed by atoms with Crippen molar-refractivity contribution in [2.24, 2.45) is 0 Å². The van der Waals surface area contributed by atoms with Crippen LogP contribution in [0.2, 0.25) is 0 Å². The van der Waals surface area contributed by atoms with Gasteiger partial charge in [-0.3, -0.25) is 0 Å². The van der Waals surface area contributed by atoms with Gasteiger partial charge in [-0.05, 0) is 18.4 Å². The first-order valence-corrected chi connectivity index (χ1v) is 7.97. The van der Waals surface area contributed by atoms with Crippen molar-refractivity contribution in [2.45, 2.75) is 77.6 Å². The fourth-order valence-corrected chi connectivity index (χ4v) is 2.46. The summed E-state index contributed by atoms with van der Waals surface area (Å²) < 4.78 is 0. The average molecular weight is 431 g/mol. The molecule has 0 heterocycles. The maximum absolute atomic E-state index is 2.28. The molecule has 21 heavy (non-hydrogen) atoms. The molecule has 0 aliphatic carbocycles. The molecular weight excluding hydrogens is 400 g/mol. The number of benzene rings is 1. The van der Waals surface area contributed by atoms with Crippen molar-refractivity contribution >= 4 is 23.1 Å². The smallest absolute Gasteiger partial charge is 1.00 e. The molecule has 1 rings (SSSR count). The van der Waals surface area contributed by atoms with E-state index in [2.05, 4.69) is 37.3 Å². The summed E-state index contributed by atoms with van der Waals surface area (Å²) in [4.78, 5) is 0. The van der Waals surface area contributed by atoms with Gasteiger partial charge in [0.2, 0.25) is 0 Å². The summed E-state index contributed by atoms with van der Waals surface area (Å²) in [5.41, 5.74) is 1.50. The summed E-state index contributed by atoms with van der Waals surface area (Å²) >= 11 is 0. The average Bonchev–Trinajstić information content (AvgIpc) is 2.42. The molecule has 0 aliphatic rings. The Morgan fingerprint density at radius 1 is 0.619 bits per heavy atom. The summed E-state index contributed by atoms with van der Waals surface area (Å²) in [6.45, 7) is 2.28. The molecule has 0 fully saturated rings. The van der Waals surface area contributed by atoms with Gasteiger partial charge in [-0.2, -0.15) is 0 Å². The fraction of sp³-hybridized carbons (Fsp3) is 0.667. The number of hydrogen-bond acceptors (Lipinski definition) is 0. The molecule has 0 unspecified atom stereocenters. The minimum absolute atomic E-state index is 0. The Morgan fingerprint density at radius 3 is 1.52 bits per heavy atom. The van der Waals surface area contributed by atoms with Gasteiger partial charge in [-0.25, -0.2) is 0 Å². The zero-order chi connectivity index (χ0) is 12.9. The zero-order valence-electron chi connectivity index (χ0n) is 13.6. The van der Waals surface area contributed by atoms with Crippen LogP contribution in [0.1, 0.15) is 76.7 Å². The van der Waals surface area contributed by atoms with Crippen LogP contribution in [0.25, 0.3) is 0 Å². The molecule has 0 aromatic heterocycles. The molecule has 0 bridgehead atoms. The minimum Gasteiger partial charge on any atom is -1.00 e. The van der Waals surface area contributed by atoms with Crippen molar-refractivity contribution < 1.29 is 34.0 Å². The molecule has 1 aromatic carbocycles. The van der Waals surface area contributed by atoms with E-state index in [-0.39, 0.29) is 57.0 Å². The topological polar surface area (TPSA) is 0 Å². The van der Waals surface area contributed by atoms with Crippen LogP contribution in [0.15, 0.2) is 30.3 Å². The van der Waals surface area contributed by atoms with Crippen LogP contribution < -0.4 is 34.0 Å². The number of halogens is 2. The Kier molecular flexibility index (Phi) is 26.8. The van der Waals surface area contributed by atoms with E-state index in [0.717, 1.165) is 0 Å². The Hall–Kier alpha value is 0.946. The third kappa shape index (κ3) is 17.1. The third-order valence-corrected chi connectivity index (χ3v) is 3.66. The van der Waals surface area contributed by atoms with Crippen molar-refractivity contribution in [2.75, 3.05) is 0 Å². The standard InChI is InChI=1S/C18H30.2BrH.Mg/c1-2-3-4-5-6-7-8-9-10-12-15-18-16-13-11-14-17-18;;;/h11,13-14,16-17H,2-10,12,15H2,1H3;2*1H;/q;;;+2/p-2. The van der Waals surface area contributed by atoms with Gasteiger partial charge in [0.05, 0.1) is 0 Å². The molecular formula is C18H30Br2Mg. The predicted molar refractivity (Wildman–Crippen MR) is 87.7 cm³/mol. The van der Waals surface area contributed by atoms with Crippen molar-refractivity contribution in [3.05, 3.63) is 35.9 Å². The maximum atomic E-state index is 2.28. The van der Waals surface area contributed by atoms with E-state index < -0.39 is 0 Å². The predicted octanol–water partition coefficient (Wildman–Crippen LogP) is -0.223. The normalized spacial score (nSPS) is 9.19. The molecule has 0 radical (unpaired) electrons. The third-order valence-electron chi connectivity index (χ3n) is 3.66. The first-order chi connectivity index (χ1) is 8.93. The van der Waals surface area contributed by atoms with Crippen molar-refractivity contribution in [3.8, 4) is 0 Å². The van der Waals surface area contributed by atoms with Gasteiger partial charge in [-0.1, -0.05) is 95.0 Å². The van der Waals surface area contributed by atoms with Crippen LogP contribution in [0.4, 0.5) is 0 Å². The zero-order valence-corrected chi connectivity index (χ0v) is 18.2. The molecule has 0 saturated carbocycles. The monoisotopic (exact) mass is 428 g/mol. The largest absolute Gasteiger partial charge is 2.00 e. The number of rotatable bonds is 11. The van der Waals surface area contributed by atoms with Crippen molar-refractivity contribution in [3.63, 3.8) is 0 Å². The van der Waals surface area contributed by atoms with Crippen LogP contribution >= 0.6 is 0 Å². The van der Waals surface area contributed by atoms with Crippen LogP contribution in [-0.2, 0) is 6.42 Å². The molecule has 1 aromatic rings. The van der Waals surface area contributed by atoms with Crippen LogP contribution in [0.3, 0.4) is 0 Å². The first kappa shape index (κ1) is 26.8. The maximum Gasteiger partial charge on any atom is 2.00 e. The Morgan fingerprint density at radius 2 is 1.05 bits per heavy atom. The van der Waals surface area contributed by atoms with E-state index in [1.54, 1.807) is 0 Å². The summed E-state index contributed by atoms with van der Waals surface area (Å²) in [6.07, 6.45) is 15.5. The summed E-state index contributed by atoms with van der Waals surface area (Å²) in [5, 5.41) is 0. The summed E-state index contributed by atoms with van der Waals surface area (Å²) in [5.74, 6) is 0. The fourth-order valence-electron chi connectivity index (χ4n) is 2.46.